The lowest BCUT2D eigenvalue weighted by molar-refractivity contribution is 0.0138. The number of piperidine rings is 1. The maximum absolute atomic E-state index is 13.7. The largest absolute Gasteiger partial charge is 0.492 e. The Morgan fingerprint density at radius 1 is 0.974 bits per heavy atom. The molecule has 0 spiro atoms. The van der Waals surface area contributed by atoms with Crippen LogP contribution in [-0.4, -0.2) is 67.0 Å². The number of amides is 1. The van der Waals surface area contributed by atoms with Crippen molar-refractivity contribution >= 4 is 16.1 Å². The summed E-state index contributed by atoms with van der Waals surface area (Å²) in [5.41, 5.74) is 3.08. The highest BCUT2D eigenvalue weighted by Crippen LogP contribution is 2.32. The van der Waals surface area contributed by atoms with Gasteiger partial charge < -0.3 is 14.4 Å². The van der Waals surface area contributed by atoms with Crippen molar-refractivity contribution in [1.82, 2.24) is 14.1 Å². The van der Waals surface area contributed by atoms with Crippen molar-refractivity contribution in [2.24, 2.45) is 5.92 Å². The summed E-state index contributed by atoms with van der Waals surface area (Å²) in [6.07, 6.45) is 3.23. The molecule has 0 aliphatic carbocycles. The van der Waals surface area contributed by atoms with Crippen LogP contribution >= 0.6 is 0 Å². The summed E-state index contributed by atoms with van der Waals surface area (Å²) in [6.45, 7) is 10.6. The first-order valence-electron chi connectivity index (χ1n) is 14.1. The van der Waals surface area contributed by atoms with Gasteiger partial charge in [-0.25, -0.2) is 13.2 Å². The van der Waals surface area contributed by atoms with Crippen LogP contribution in [0.3, 0.4) is 0 Å². The number of ether oxygens (including phenoxy) is 2. The zero-order chi connectivity index (χ0) is 27.6. The zero-order valence-electron chi connectivity index (χ0n) is 23.4. The van der Waals surface area contributed by atoms with Gasteiger partial charge in [-0.15, -0.1) is 0 Å². The number of hydrogen-bond donors (Lipinski definition) is 0. The van der Waals surface area contributed by atoms with Crippen LogP contribution in [0.1, 0.15) is 63.1 Å². The number of rotatable bonds is 7. The summed E-state index contributed by atoms with van der Waals surface area (Å²) in [7, 11) is -3.67. The molecule has 3 aliphatic rings. The van der Waals surface area contributed by atoms with Crippen LogP contribution in [0.4, 0.5) is 4.79 Å². The molecule has 8 nitrogen and oxygen atoms in total. The molecule has 2 aromatic carbocycles. The van der Waals surface area contributed by atoms with Gasteiger partial charge in [-0.05, 0) is 75.3 Å². The fourth-order valence-corrected chi connectivity index (χ4v) is 7.41. The van der Waals surface area contributed by atoms with Crippen molar-refractivity contribution in [3.8, 4) is 5.75 Å². The van der Waals surface area contributed by atoms with Crippen LogP contribution in [0.2, 0.25) is 0 Å². The Kier molecular flexibility index (Phi) is 8.21. The number of carbonyl (C=O) groups is 1. The molecule has 39 heavy (non-hydrogen) atoms. The molecular formula is C30H41N3O5S. The molecule has 5 rings (SSSR count). The van der Waals surface area contributed by atoms with Gasteiger partial charge in [0.05, 0.1) is 6.61 Å². The molecule has 0 radical (unpaired) electrons. The van der Waals surface area contributed by atoms with E-state index in [4.69, 9.17) is 9.47 Å². The molecule has 3 aliphatic heterocycles. The van der Waals surface area contributed by atoms with E-state index in [2.05, 4.69) is 29.2 Å². The Labute approximate surface area is 232 Å². The number of hydrogen-bond acceptors (Lipinski definition) is 6. The summed E-state index contributed by atoms with van der Waals surface area (Å²) in [5, 5.41) is 0. The first-order valence-corrected chi connectivity index (χ1v) is 15.6. The molecule has 3 heterocycles. The Hall–Kier alpha value is -2.62. The second-order valence-corrected chi connectivity index (χ2v) is 14.0. The fourth-order valence-electron chi connectivity index (χ4n) is 5.71. The number of likely N-dealkylation sites (tertiary alicyclic amines) is 1. The van der Waals surface area contributed by atoms with Gasteiger partial charge in [0.2, 0.25) is 10.0 Å². The van der Waals surface area contributed by atoms with E-state index in [0.717, 1.165) is 44.3 Å². The highest BCUT2D eigenvalue weighted by Gasteiger charge is 2.32. The lowest BCUT2D eigenvalue weighted by Crippen LogP contribution is -2.44. The maximum atomic E-state index is 13.7. The predicted octanol–water partition coefficient (Wildman–Crippen LogP) is 5.01. The third-order valence-electron chi connectivity index (χ3n) is 7.65. The summed E-state index contributed by atoms with van der Waals surface area (Å²) in [5.74, 6) is 0.501. The van der Waals surface area contributed by atoms with Crippen molar-refractivity contribution in [2.45, 2.75) is 76.6 Å². The van der Waals surface area contributed by atoms with E-state index >= 15 is 0 Å². The third-order valence-corrected chi connectivity index (χ3v) is 9.57. The average molecular weight is 556 g/mol. The van der Waals surface area contributed by atoms with Gasteiger partial charge in [0.15, 0.2) is 0 Å². The predicted molar refractivity (Wildman–Crippen MR) is 150 cm³/mol. The van der Waals surface area contributed by atoms with Gasteiger partial charge >= 0.3 is 6.09 Å². The highest BCUT2D eigenvalue weighted by molar-refractivity contribution is 7.89. The Bertz CT molecular complexity index is 1260. The third kappa shape index (κ3) is 6.76. The minimum Gasteiger partial charge on any atom is -0.492 e. The van der Waals surface area contributed by atoms with E-state index in [1.807, 2.05) is 32.9 Å². The number of nitrogens with zero attached hydrogens (tertiary/aromatic N) is 3. The second-order valence-electron chi connectivity index (χ2n) is 12.1. The molecule has 2 aromatic rings. The molecule has 1 unspecified atom stereocenters. The standard InChI is InChI=1S/C30H41N3O5S/c1-30(2,3)38-29(34)32-14-8-9-24(19-32)22-37-27-13-12-23(17-28(27)39(35,36)33-15-6-7-16-33)18-31-20-25-10-4-5-11-26(25)21-31/h4-5,10-13,17,24H,6-9,14-16,18-22H2,1-3H3. The second kappa shape index (κ2) is 11.5. The van der Waals surface area contributed by atoms with Crippen LogP contribution in [-0.2, 0) is 34.4 Å². The molecule has 1 atom stereocenters. The van der Waals surface area contributed by atoms with Crippen LogP contribution in [0.5, 0.6) is 5.75 Å². The molecule has 2 fully saturated rings. The molecule has 9 heteroatoms. The van der Waals surface area contributed by atoms with E-state index in [1.165, 1.54) is 11.1 Å². The fraction of sp³-hybridized carbons (Fsp3) is 0.567. The Morgan fingerprint density at radius 3 is 2.33 bits per heavy atom. The van der Waals surface area contributed by atoms with Gasteiger partial charge in [0, 0.05) is 51.7 Å². The molecule has 2 saturated heterocycles. The average Bonchev–Trinajstić information content (AvgIpc) is 3.57. The van der Waals surface area contributed by atoms with Gasteiger partial charge in [0.25, 0.3) is 0 Å². The molecule has 0 N–H and O–H groups in total. The van der Waals surface area contributed by atoms with Crippen molar-refractivity contribution in [1.29, 1.82) is 0 Å². The molecule has 0 bridgehead atoms. The van der Waals surface area contributed by atoms with E-state index < -0.39 is 15.6 Å². The highest BCUT2D eigenvalue weighted by atomic mass is 32.2. The number of carbonyl (C=O) groups excluding carboxylic acids is 1. The normalized spacial score (nSPS) is 20.7. The van der Waals surface area contributed by atoms with Crippen molar-refractivity contribution in [3.63, 3.8) is 0 Å². The number of fused-ring (bicyclic) bond motifs is 1. The summed E-state index contributed by atoms with van der Waals surface area (Å²) < 4.78 is 40.8. The smallest absolute Gasteiger partial charge is 0.410 e. The summed E-state index contributed by atoms with van der Waals surface area (Å²) in [6, 6.07) is 14.0. The quantitative estimate of drug-likeness (QED) is 0.478. The summed E-state index contributed by atoms with van der Waals surface area (Å²) >= 11 is 0. The van der Waals surface area contributed by atoms with Crippen molar-refractivity contribution < 1.29 is 22.7 Å². The number of sulfonamides is 1. The van der Waals surface area contributed by atoms with Crippen LogP contribution in [0.15, 0.2) is 47.4 Å². The molecular weight excluding hydrogens is 514 g/mol. The van der Waals surface area contributed by atoms with E-state index in [-0.39, 0.29) is 16.9 Å². The zero-order valence-corrected chi connectivity index (χ0v) is 24.2. The van der Waals surface area contributed by atoms with Crippen LogP contribution in [0.25, 0.3) is 0 Å². The van der Waals surface area contributed by atoms with E-state index in [1.54, 1.807) is 15.3 Å². The first-order chi connectivity index (χ1) is 18.6. The van der Waals surface area contributed by atoms with Crippen LogP contribution < -0.4 is 4.74 Å². The van der Waals surface area contributed by atoms with E-state index in [0.29, 0.717) is 45.1 Å². The minimum absolute atomic E-state index is 0.108. The Balaban J connectivity index is 1.30. The molecule has 0 saturated carbocycles. The van der Waals surface area contributed by atoms with Crippen molar-refractivity contribution in [3.05, 3.63) is 59.2 Å². The molecule has 1 amide bonds. The Morgan fingerprint density at radius 2 is 1.67 bits per heavy atom. The SMILES string of the molecule is CC(C)(C)OC(=O)N1CCCC(COc2ccc(CN3Cc4ccccc4C3)cc2S(=O)(=O)N2CCCC2)C1. The van der Waals surface area contributed by atoms with Gasteiger partial charge in [-0.2, -0.15) is 4.31 Å². The molecule has 0 aromatic heterocycles. The summed E-state index contributed by atoms with van der Waals surface area (Å²) in [4.78, 5) is 16.9. The maximum Gasteiger partial charge on any atom is 0.410 e. The van der Waals surface area contributed by atoms with Gasteiger partial charge in [-0.1, -0.05) is 30.3 Å². The monoisotopic (exact) mass is 555 g/mol. The van der Waals surface area contributed by atoms with Gasteiger partial charge in [0.1, 0.15) is 16.2 Å². The minimum atomic E-state index is -3.67. The van der Waals surface area contributed by atoms with E-state index in [9.17, 15) is 13.2 Å². The lowest BCUT2D eigenvalue weighted by atomic mass is 9.99. The molecule has 212 valence electrons. The van der Waals surface area contributed by atoms with Gasteiger partial charge in [-0.3, -0.25) is 4.90 Å². The lowest BCUT2D eigenvalue weighted by Gasteiger charge is -2.34. The first kappa shape index (κ1) is 27.9. The van der Waals surface area contributed by atoms with Crippen LogP contribution in [0, 0.1) is 5.92 Å². The topological polar surface area (TPSA) is 79.4 Å². The van der Waals surface area contributed by atoms with Crippen molar-refractivity contribution in [2.75, 3.05) is 32.8 Å². The number of benzene rings is 2.